The van der Waals surface area contributed by atoms with Gasteiger partial charge in [0.05, 0.1) is 39.1 Å². The van der Waals surface area contributed by atoms with E-state index in [4.69, 9.17) is 23.8 Å². The molecule has 232 valence electrons. The molecule has 1 aliphatic heterocycles. The Morgan fingerprint density at radius 2 is 1.68 bits per heavy atom. The largest absolute Gasteiger partial charge is 0.528 e. The van der Waals surface area contributed by atoms with E-state index >= 15 is 0 Å². The Kier molecular flexibility index (Phi) is 10.8. The molecule has 8 nitrogen and oxygen atoms in total. The highest BCUT2D eigenvalue weighted by molar-refractivity contribution is 5.82. The monoisotopic (exact) mass is 598 g/mol. The first-order valence-electron chi connectivity index (χ1n) is 15.3. The summed E-state index contributed by atoms with van der Waals surface area (Å²) in [5.74, 6) is 0.651. The molecule has 0 saturated carbocycles. The van der Waals surface area contributed by atoms with Gasteiger partial charge in [-0.05, 0) is 60.7 Å². The summed E-state index contributed by atoms with van der Waals surface area (Å²) in [6, 6.07) is 28.7. The second kappa shape index (κ2) is 15.1. The highest BCUT2D eigenvalue weighted by atomic mass is 16.8. The van der Waals surface area contributed by atoms with E-state index < -0.39 is 11.8 Å². The molecule has 1 aromatic heterocycles. The highest BCUT2D eigenvalue weighted by Crippen LogP contribution is 2.32. The first-order valence-corrected chi connectivity index (χ1v) is 15.3. The average Bonchev–Trinajstić information content (AvgIpc) is 3.01. The van der Waals surface area contributed by atoms with Crippen molar-refractivity contribution in [1.82, 2.24) is 10.0 Å². The normalized spacial score (nSPS) is 17.3. The minimum atomic E-state index is -0.710. The first-order chi connectivity index (χ1) is 21.3. The zero-order chi connectivity index (χ0) is 30.8. The lowest BCUT2D eigenvalue weighted by Gasteiger charge is -2.37. The van der Waals surface area contributed by atoms with Crippen LogP contribution in [-0.2, 0) is 32.3 Å². The van der Waals surface area contributed by atoms with Crippen LogP contribution in [0.25, 0.3) is 10.8 Å². The quantitative estimate of drug-likeness (QED) is 0.123. The van der Waals surface area contributed by atoms with Crippen molar-refractivity contribution in [3.63, 3.8) is 0 Å². The topological polar surface area (TPSA) is 79.4 Å². The van der Waals surface area contributed by atoms with Crippen LogP contribution in [0.4, 0.5) is 4.79 Å². The van der Waals surface area contributed by atoms with Gasteiger partial charge in [0, 0.05) is 31.1 Å². The fraction of sp³-hybridized carbons (Fsp3) is 0.389. The molecular formula is C36H42N2O6. The van der Waals surface area contributed by atoms with Gasteiger partial charge in [0.1, 0.15) is 5.60 Å². The predicted molar refractivity (Wildman–Crippen MR) is 169 cm³/mol. The SMILES string of the molecule is CC(C)(C)OC(=O)ON1CCC(c2ccc(OCCCOCc3ccccc3)nc2)C(OCc2ccc3ccccc3c2)C1. The van der Waals surface area contributed by atoms with Gasteiger partial charge in [0.15, 0.2) is 0 Å². The zero-order valence-corrected chi connectivity index (χ0v) is 25.8. The van der Waals surface area contributed by atoms with E-state index in [1.807, 2.05) is 63.4 Å². The predicted octanol–water partition coefficient (Wildman–Crippen LogP) is 7.46. The smallest absolute Gasteiger partial charge is 0.478 e. The van der Waals surface area contributed by atoms with Gasteiger partial charge in [0.25, 0.3) is 0 Å². The van der Waals surface area contributed by atoms with Crippen LogP contribution >= 0.6 is 0 Å². The van der Waals surface area contributed by atoms with Gasteiger partial charge < -0.3 is 23.8 Å². The number of benzene rings is 3. The maximum atomic E-state index is 12.4. The van der Waals surface area contributed by atoms with Gasteiger partial charge in [0.2, 0.25) is 5.88 Å². The second-order valence-corrected chi connectivity index (χ2v) is 12.0. The number of carbonyl (C=O) groups is 1. The van der Waals surface area contributed by atoms with Crippen molar-refractivity contribution in [2.75, 3.05) is 26.3 Å². The van der Waals surface area contributed by atoms with Gasteiger partial charge in [-0.25, -0.2) is 9.78 Å². The molecule has 0 amide bonds. The number of fused-ring (bicyclic) bond motifs is 1. The molecule has 2 unspecified atom stereocenters. The van der Waals surface area contributed by atoms with E-state index in [9.17, 15) is 4.79 Å². The summed E-state index contributed by atoms with van der Waals surface area (Å²) in [4.78, 5) is 22.5. The number of aromatic nitrogens is 1. The van der Waals surface area contributed by atoms with Crippen molar-refractivity contribution in [1.29, 1.82) is 0 Å². The molecule has 1 fully saturated rings. The van der Waals surface area contributed by atoms with E-state index in [0.29, 0.717) is 45.4 Å². The molecule has 0 N–H and O–H groups in total. The van der Waals surface area contributed by atoms with Crippen LogP contribution in [-0.4, -0.2) is 54.2 Å². The number of ether oxygens (including phenoxy) is 4. The lowest BCUT2D eigenvalue weighted by molar-refractivity contribution is -0.179. The molecule has 44 heavy (non-hydrogen) atoms. The molecule has 1 aliphatic rings. The number of nitrogens with zero attached hydrogens (tertiary/aromatic N) is 2. The van der Waals surface area contributed by atoms with Crippen LogP contribution in [0.2, 0.25) is 0 Å². The van der Waals surface area contributed by atoms with Gasteiger partial charge in [-0.1, -0.05) is 72.8 Å². The maximum absolute atomic E-state index is 12.4. The number of carbonyl (C=O) groups excluding carboxylic acids is 1. The van der Waals surface area contributed by atoms with Crippen molar-refractivity contribution in [3.05, 3.63) is 108 Å². The standard InChI is InChI=1S/C36H42N2O6/c1-36(2,3)43-35(39)44-38-19-18-32(33(24-38)42-26-28-14-15-29-12-7-8-13-30(29)22-28)31-16-17-34(37-23-31)41-21-9-20-40-25-27-10-5-4-6-11-27/h4-8,10-17,22-23,32-33H,9,18-21,24-26H2,1-3H3. The Balaban J connectivity index is 1.17. The van der Waals surface area contributed by atoms with Crippen LogP contribution in [0, 0.1) is 0 Å². The fourth-order valence-electron chi connectivity index (χ4n) is 5.23. The second-order valence-electron chi connectivity index (χ2n) is 12.0. The Bertz CT molecular complexity index is 1470. The number of rotatable bonds is 12. The van der Waals surface area contributed by atoms with Crippen molar-refractivity contribution >= 4 is 16.9 Å². The van der Waals surface area contributed by atoms with Crippen molar-refractivity contribution in [2.24, 2.45) is 0 Å². The highest BCUT2D eigenvalue weighted by Gasteiger charge is 2.34. The van der Waals surface area contributed by atoms with E-state index in [1.165, 1.54) is 10.8 Å². The number of pyridine rings is 1. The van der Waals surface area contributed by atoms with E-state index in [-0.39, 0.29) is 12.0 Å². The lowest BCUT2D eigenvalue weighted by atomic mass is 9.88. The molecule has 2 heterocycles. The molecule has 3 aromatic carbocycles. The molecule has 0 bridgehead atoms. The van der Waals surface area contributed by atoms with E-state index in [1.54, 1.807) is 5.06 Å². The maximum Gasteiger partial charge on any atom is 0.528 e. The molecule has 8 heteroatoms. The van der Waals surface area contributed by atoms with Crippen LogP contribution in [0.5, 0.6) is 5.88 Å². The molecule has 0 aliphatic carbocycles. The third kappa shape index (κ3) is 9.51. The summed E-state index contributed by atoms with van der Waals surface area (Å²) >= 11 is 0. The molecular weight excluding hydrogens is 556 g/mol. The van der Waals surface area contributed by atoms with Crippen LogP contribution in [0.1, 0.15) is 56.2 Å². The zero-order valence-electron chi connectivity index (χ0n) is 25.8. The van der Waals surface area contributed by atoms with Gasteiger partial charge in [-0.3, -0.25) is 0 Å². The van der Waals surface area contributed by atoms with E-state index in [0.717, 1.165) is 29.5 Å². The van der Waals surface area contributed by atoms with Crippen LogP contribution in [0.15, 0.2) is 91.1 Å². The molecule has 0 spiro atoms. The minimum absolute atomic E-state index is 0.0712. The molecule has 0 radical (unpaired) electrons. The summed E-state index contributed by atoms with van der Waals surface area (Å²) in [5.41, 5.74) is 2.67. The van der Waals surface area contributed by atoms with Crippen LogP contribution in [0.3, 0.4) is 0 Å². The summed E-state index contributed by atoms with van der Waals surface area (Å²) < 4.78 is 23.5. The molecule has 2 atom stereocenters. The van der Waals surface area contributed by atoms with Crippen molar-refractivity contribution in [2.45, 2.75) is 64.4 Å². The Morgan fingerprint density at radius 3 is 2.45 bits per heavy atom. The van der Waals surface area contributed by atoms with Gasteiger partial charge >= 0.3 is 6.16 Å². The molecule has 5 rings (SSSR count). The van der Waals surface area contributed by atoms with Crippen molar-refractivity contribution < 1.29 is 28.6 Å². The Hall–Kier alpha value is -3.98. The van der Waals surface area contributed by atoms with E-state index in [2.05, 4.69) is 53.5 Å². The fourth-order valence-corrected chi connectivity index (χ4v) is 5.23. The lowest BCUT2D eigenvalue weighted by Crippen LogP contribution is -2.45. The number of piperidine rings is 1. The number of hydrogen-bond acceptors (Lipinski definition) is 8. The summed E-state index contributed by atoms with van der Waals surface area (Å²) in [6.07, 6.45) is 2.43. The Labute approximate surface area is 259 Å². The summed E-state index contributed by atoms with van der Waals surface area (Å²) in [6.45, 7) is 8.60. The van der Waals surface area contributed by atoms with Crippen LogP contribution < -0.4 is 4.74 Å². The van der Waals surface area contributed by atoms with Gasteiger partial charge in [-0.15, -0.1) is 5.06 Å². The first kappa shape index (κ1) is 31.4. The summed E-state index contributed by atoms with van der Waals surface area (Å²) in [7, 11) is 0. The van der Waals surface area contributed by atoms with Gasteiger partial charge in [-0.2, -0.15) is 0 Å². The molecule has 1 saturated heterocycles. The minimum Gasteiger partial charge on any atom is -0.478 e. The molecule has 4 aromatic rings. The number of hydroxylamine groups is 2. The van der Waals surface area contributed by atoms with Crippen molar-refractivity contribution in [3.8, 4) is 5.88 Å². The Morgan fingerprint density at radius 1 is 0.886 bits per heavy atom. The third-order valence-corrected chi connectivity index (χ3v) is 7.37. The average molecular weight is 599 g/mol. The number of hydrogen-bond donors (Lipinski definition) is 0. The third-order valence-electron chi connectivity index (χ3n) is 7.37. The summed E-state index contributed by atoms with van der Waals surface area (Å²) in [5, 5.41) is 4.00.